The molecule has 20 heavy (non-hydrogen) atoms. The van der Waals surface area contributed by atoms with Gasteiger partial charge in [-0.1, -0.05) is 0 Å². The minimum absolute atomic E-state index is 0.288. The van der Waals surface area contributed by atoms with Gasteiger partial charge in [-0.2, -0.15) is 5.26 Å². The quantitative estimate of drug-likeness (QED) is 0.741. The molecular weight excluding hydrogens is 252 g/mol. The minimum atomic E-state index is -0.288. The molecule has 1 aromatic carbocycles. The summed E-state index contributed by atoms with van der Waals surface area (Å²) in [7, 11) is 1.64. The molecule has 0 bridgehead atoms. The molecule has 4 heteroatoms. The first kappa shape index (κ1) is 16.3. The number of nitrogens with two attached hydrogens (primary N) is 1. The number of benzene rings is 1. The van der Waals surface area contributed by atoms with E-state index >= 15 is 0 Å². The highest BCUT2D eigenvalue weighted by atomic mass is 16.5. The van der Waals surface area contributed by atoms with E-state index in [1.165, 1.54) is 0 Å². The van der Waals surface area contributed by atoms with Crippen molar-refractivity contribution in [2.24, 2.45) is 11.1 Å². The Kier molecular flexibility index (Phi) is 6.33. The van der Waals surface area contributed by atoms with Crippen LogP contribution in [-0.2, 0) is 6.42 Å². The molecule has 0 atom stereocenters. The van der Waals surface area contributed by atoms with Gasteiger partial charge in [-0.25, -0.2) is 0 Å². The molecule has 0 saturated carbocycles. The summed E-state index contributed by atoms with van der Waals surface area (Å²) in [6.07, 6.45) is 2.44. The first-order chi connectivity index (χ1) is 9.52. The second-order valence-electron chi connectivity index (χ2n) is 5.46. The molecule has 110 valence electrons. The van der Waals surface area contributed by atoms with Crippen LogP contribution in [0.25, 0.3) is 0 Å². The van der Waals surface area contributed by atoms with Crippen molar-refractivity contribution in [1.82, 2.24) is 0 Å². The Hall–Kier alpha value is -1.73. The van der Waals surface area contributed by atoms with Crippen LogP contribution in [0.2, 0.25) is 0 Å². The zero-order valence-corrected chi connectivity index (χ0v) is 12.6. The average molecular weight is 276 g/mol. The minimum Gasteiger partial charge on any atom is -0.497 e. The molecule has 0 spiro atoms. The van der Waals surface area contributed by atoms with Gasteiger partial charge in [0.2, 0.25) is 0 Å². The van der Waals surface area contributed by atoms with Gasteiger partial charge in [0.1, 0.15) is 11.5 Å². The third-order valence-electron chi connectivity index (χ3n) is 3.19. The van der Waals surface area contributed by atoms with Crippen LogP contribution in [0.15, 0.2) is 18.2 Å². The first-order valence-electron chi connectivity index (χ1n) is 6.93. The van der Waals surface area contributed by atoms with E-state index in [1.807, 2.05) is 32.0 Å². The molecule has 0 saturated heterocycles. The molecule has 2 N–H and O–H groups in total. The molecule has 4 nitrogen and oxygen atoms in total. The lowest BCUT2D eigenvalue weighted by Gasteiger charge is -2.16. The van der Waals surface area contributed by atoms with Crippen LogP contribution >= 0.6 is 0 Å². The van der Waals surface area contributed by atoms with Crippen molar-refractivity contribution in [3.63, 3.8) is 0 Å². The maximum atomic E-state index is 8.96. The molecule has 1 rings (SSSR count). The number of methoxy groups -OCH3 is 1. The Morgan fingerprint density at radius 3 is 2.70 bits per heavy atom. The topological polar surface area (TPSA) is 68.3 Å². The van der Waals surface area contributed by atoms with E-state index in [9.17, 15) is 0 Å². The fourth-order valence-electron chi connectivity index (χ4n) is 1.93. The molecule has 0 radical (unpaired) electrons. The SMILES string of the molecule is COc1ccc(OCCCC(C)(C)C#N)c(CCN)c1. The lowest BCUT2D eigenvalue weighted by Crippen LogP contribution is -2.11. The summed E-state index contributed by atoms with van der Waals surface area (Å²) in [5, 5.41) is 8.96. The monoisotopic (exact) mass is 276 g/mol. The van der Waals surface area contributed by atoms with Crippen LogP contribution in [0.1, 0.15) is 32.3 Å². The highest BCUT2D eigenvalue weighted by molar-refractivity contribution is 5.40. The molecule has 0 aromatic heterocycles. The van der Waals surface area contributed by atoms with Crippen LogP contribution in [0.3, 0.4) is 0 Å². The smallest absolute Gasteiger partial charge is 0.122 e. The Bertz CT molecular complexity index is 464. The van der Waals surface area contributed by atoms with Crippen molar-refractivity contribution >= 4 is 0 Å². The largest absolute Gasteiger partial charge is 0.497 e. The summed E-state index contributed by atoms with van der Waals surface area (Å²) in [5.74, 6) is 1.66. The Morgan fingerprint density at radius 2 is 2.10 bits per heavy atom. The number of rotatable bonds is 8. The highest BCUT2D eigenvalue weighted by Crippen LogP contribution is 2.26. The van der Waals surface area contributed by atoms with Gasteiger partial charge >= 0.3 is 0 Å². The van der Waals surface area contributed by atoms with Crippen molar-refractivity contribution in [3.05, 3.63) is 23.8 Å². The normalized spacial score (nSPS) is 10.9. The summed E-state index contributed by atoms with van der Waals surface area (Å²) in [6, 6.07) is 8.06. The molecule has 0 aliphatic rings. The standard InChI is InChI=1S/C16H24N2O2/c1-16(2,12-18)8-4-10-20-15-6-5-14(19-3)11-13(15)7-9-17/h5-6,11H,4,7-10,17H2,1-3H3. The summed E-state index contributed by atoms with van der Waals surface area (Å²) in [4.78, 5) is 0. The van der Waals surface area contributed by atoms with Gasteiger partial charge < -0.3 is 15.2 Å². The zero-order valence-electron chi connectivity index (χ0n) is 12.6. The second-order valence-corrected chi connectivity index (χ2v) is 5.46. The van der Waals surface area contributed by atoms with Crippen molar-refractivity contribution in [2.45, 2.75) is 33.1 Å². The predicted molar refractivity (Wildman–Crippen MR) is 79.9 cm³/mol. The fourth-order valence-corrected chi connectivity index (χ4v) is 1.93. The van der Waals surface area contributed by atoms with Gasteiger partial charge in [-0.15, -0.1) is 0 Å². The third-order valence-corrected chi connectivity index (χ3v) is 3.19. The Labute approximate surface area is 121 Å². The van der Waals surface area contributed by atoms with Crippen LogP contribution < -0.4 is 15.2 Å². The Balaban J connectivity index is 2.57. The highest BCUT2D eigenvalue weighted by Gasteiger charge is 2.15. The molecule has 0 unspecified atom stereocenters. The van der Waals surface area contributed by atoms with Crippen molar-refractivity contribution in [2.75, 3.05) is 20.3 Å². The zero-order chi connectivity index (χ0) is 15.0. The molecule has 1 aromatic rings. The average Bonchev–Trinajstić information content (AvgIpc) is 2.45. The van der Waals surface area contributed by atoms with E-state index in [1.54, 1.807) is 7.11 Å². The number of nitrogens with zero attached hydrogens (tertiary/aromatic N) is 1. The van der Waals surface area contributed by atoms with E-state index in [0.29, 0.717) is 13.2 Å². The van der Waals surface area contributed by atoms with Gasteiger partial charge in [0.15, 0.2) is 0 Å². The van der Waals surface area contributed by atoms with Crippen molar-refractivity contribution in [3.8, 4) is 17.6 Å². The summed E-state index contributed by atoms with van der Waals surface area (Å²) in [6.45, 7) is 5.07. The van der Waals surface area contributed by atoms with Gasteiger partial charge in [-0.3, -0.25) is 0 Å². The molecule has 0 fully saturated rings. The van der Waals surface area contributed by atoms with E-state index in [-0.39, 0.29) is 5.41 Å². The number of hydrogen-bond donors (Lipinski definition) is 1. The summed E-state index contributed by atoms with van der Waals surface area (Å²) < 4.78 is 11.0. The predicted octanol–water partition coefficient (Wildman–Crippen LogP) is 2.91. The molecule has 0 heterocycles. The molecule has 0 amide bonds. The van der Waals surface area contributed by atoms with Crippen LogP contribution in [0.5, 0.6) is 11.5 Å². The fraction of sp³-hybridized carbons (Fsp3) is 0.562. The van der Waals surface area contributed by atoms with Crippen molar-refractivity contribution < 1.29 is 9.47 Å². The first-order valence-corrected chi connectivity index (χ1v) is 6.93. The number of nitriles is 1. The van der Waals surface area contributed by atoms with Crippen molar-refractivity contribution in [1.29, 1.82) is 5.26 Å². The van der Waals surface area contributed by atoms with Gasteiger partial charge in [0.05, 0.1) is 25.2 Å². The summed E-state index contributed by atoms with van der Waals surface area (Å²) in [5.41, 5.74) is 6.39. The van der Waals surface area contributed by atoms with E-state index in [0.717, 1.165) is 36.3 Å². The van der Waals surface area contributed by atoms with E-state index < -0.39 is 0 Å². The van der Waals surface area contributed by atoms with E-state index in [2.05, 4.69) is 6.07 Å². The molecular formula is C16H24N2O2. The Morgan fingerprint density at radius 1 is 1.35 bits per heavy atom. The van der Waals surface area contributed by atoms with E-state index in [4.69, 9.17) is 20.5 Å². The molecule has 0 aliphatic carbocycles. The molecule has 0 aliphatic heterocycles. The maximum absolute atomic E-state index is 8.96. The van der Waals surface area contributed by atoms with Gasteiger partial charge in [-0.05, 0) is 63.4 Å². The lowest BCUT2D eigenvalue weighted by molar-refractivity contribution is 0.281. The second kappa shape index (κ2) is 7.76. The lowest BCUT2D eigenvalue weighted by atomic mass is 9.90. The van der Waals surface area contributed by atoms with Crippen LogP contribution in [0.4, 0.5) is 0 Å². The van der Waals surface area contributed by atoms with Gasteiger partial charge in [0, 0.05) is 0 Å². The number of hydrogen-bond acceptors (Lipinski definition) is 4. The number of ether oxygens (including phenoxy) is 2. The third kappa shape index (κ3) is 5.10. The van der Waals surface area contributed by atoms with Crippen LogP contribution in [0, 0.1) is 16.7 Å². The van der Waals surface area contributed by atoms with Crippen LogP contribution in [-0.4, -0.2) is 20.3 Å². The summed E-state index contributed by atoms with van der Waals surface area (Å²) >= 11 is 0. The maximum Gasteiger partial charge on any atom is 0.122 e. The van der Waals surface area contributed by atoms with Gasteiger partial charge in [0.25, 0.3) is 0 Å².